The zero-order valence-electron chi connectivity index (χ0n) is 19.8. The molecule has 1 aliphatic rings. The minimum Gasteiger partial charge on any atom is 1.00 e. The first-order chi connectivity index (χ1) is 16.7. The van der Waals surface area contributed by atoms with Gasteiger partial charge in [0.15, 0.2) is 0 Å². The van der Waals surface area contributed by atoms with Crippen LogP contribution in [0.15, 0.2) is 60.5 Å². The number of carbonyl (C=O) groups is 1. The first-order valence-corrected chi connectivity index (χ1v) is 14.2. The summed E-state index contributed by atoms with van der Waals surface area (Å²) in [6.07, 6.45) is 1.99. The summed E-state index contributed by atoms with van der Waals surface area (Å²) in [5.74, 6) is -0.771. The third kappa shape index (κ3) is 5.55. The molecule has 0 amide bonds. The van der Waals surface area contributed by atoms with Gasteiger partial charge in [0.2, 0.25) is 0 Å². The molecule has 0 unspecified atom stereocenters. The number of carbonyl (C=O) groups excluding carboxylic acids is 1. The topological polar surface area (TPSA) is 114 Å². The molecule has 0 N–H and O–H groups in total. The third-order valence-corrected chi connectivity index (χ3v) is 8.90. The van der Waals surface area contributed by atoms with E-state index >= 15 is 0 Å². The number of aryl methyl sites for hydroxylation is 2. The number of carboxylic acid groups (broad SMARTS) is 1. The third-order valence-electron chi connectivity index (χ3n) is 5.81. The molecule has 180 valence electrons. The van der Waals surface area contributed by atoms with E-state index in [1.165, 1.54) is 0 Å². The predicted molar refractivity (Wildman–Crippen MR) is 130 cm³/mol. The predicted octanol–water partition coefficient (Wildman–Crippen LogP) is -1.47. The van der Waals surface area contributed by atoms with E-state index < -0.39 is 21.8 Å². The van der Waals surface area contributed by atoms with E-state index in [1.807, 2.05) is 54.0 Å². The summed E-state index contributed by atoms with van der Waals surface area (Å²) in [7, 11) is -4.34. The van der Waals surface area contributed by atoms with Gasteiger partial charge in [0.1, 0.15) is 0 Å². The van der Waals surface area contributed by atoms with Crippen LogP contribution in [0.2, 0.25) is 0 Å². The second kappa shape index (κ2) is 10.7. The summed E-state index contributed by atoms with van der Waals surface area (Å²) < 4.78 is 43.8. The standard InChI is InChI=1S/C25H22N2O6SSe.Na/c1-16-7-9-20-19(13-16)27(15-24(28)29)22(33-20)14-23-26(11-4-12-34(30,31)32)25-18-6-3-2-5-17(18)8-10-21(25)35-23;/h2-3,5-10,13-14H,4,11-12,15H2,1H3,(H-,28,29,30,31,32);/q;+1/p-1. The average molecular weight is 579 g/mol. The Hall–Kier alpha value is -2.17. The molecule has 0 radical (unpaired) electrons. The Labute approximate surface area is 236 Å². The van der Waals surface area contributed by atoms with Crippen molar-refractivity contribution in [1.82, 2.24) is 0 Å². The Kier molecular flexibility index (Phi) is 7.97. The molecule has 2 heterocycles. The van der Waals surface area contributed by atoms with Crippen LogP contribution in [0.25, 0.3) is 26.6 Å². The number of anilines is 1. The van der Waals surface area contributed by atoms with Crippen LogP contribution in [0.1, 0.15) is 16.6 Å². The van der Waals surface area contributed by atoms with E-state index in [4.69, 9.17) is 4.74 Å². The summed E-state index contributed by atoms with van der Waals surface area (Å²) in [5, 5.41) is 13.6. The molecule has 0 spiro atoms. The van der Waals surface area contributed by atoms with Crippen molar-refractivity contribution in [3.8, 4) is 5.75 Å². The minimum atomic E-state index is -4.34. The second-order valence-electron chi connectivity index (χ2n) is 8.35. The molecular formula is C25H21N2NaO6SSe. The van der Waals surface area contributed by atoms with Crippen LogP contribution in [0.4, 0.5) is 5.69 Å². The van der Waals surface area contributed by atoms with E-state index in [0.717, 1.165) is 30.7 Å². The Morgan fingerprint density at radius 2 is 1.94 bits per heavy atom. The smallest absolute Gasteiger partial charge is 1.00 e. The number of rotatable bonds is 7. The number of hydrogen-bond acceptors (Lipinski definition) is 7. The molecular weight excluding hydrogens is 558 g/mol. The minimum absolute atomic E-state index is 0. The quantitative estimate of drug-likeness (QED) is 0.149. The first kappa shape index (κ1) is 26.9. The summed E-state index contributed by atoms with van der Waals surface area (Å²) in [4.78, 5) is 13.1. The van der Waals surface area contributed by atoms with Crippen LogP contribution in [0, 0.1) is 6.92 Å². The molecule has 0 fully saturated rings. The number of aliphatic carboxylic acids is 1. The molecule has 0 aliphatic carbocycles. The fourth-order valence-corrected chi connectivity index (χ4v) is 7.17. The zero-order valence-corrected chi connectivity index (χ0v) is 24.3. The van der Waals surface area contributed by atoms with E-state index in [1.54, 1.807) is 11.0 Å². The Morgan fingerprint density at radius 1 is 1.17 bits per heavy atom. The van der Waals surface area contributed by atoms with Gasteiger partial charge < -0.3 is 0 Å². The van der Waals surface area contributed by atoms with Crippen molar-refractivity contribution in [2.75, 3.05) is 17.2 Å². The van der Waals surface area contributed by atoms with Crippen LogP contribution in [-0.2, 0) is 21.5 Å². The molecule has 3 aromatic carbocycles. The van der Waals surface area contributed by atoms with Gasteiger partial charge in [0, 0.05) is 0 Å². The van der Waals surface area contributed by atoms with Gasteiger partial charge in [-0.3, -0.25) is 0 Å². The Bertz CT molecular complexity index is 1620. The fourth-order valence-electron chi connectivity index (χ4n) is 4.32. The molecule has 1 aliphatic heterocycles. The molecule has 4 aromatic rings. The van der Waals surface area contributed by atoms with E-state index in [9.17, 15) is 22.9 Å². The monoisotopic (exact) mass is 580 g/mol. The van der Waals surface area contributed by atoms with E-state index in [0.29, 0.717) is 23.9 Å². The van der Waals surface area contributed by atoms with Gasteiger partial charge in [-0.15, -0.1) is 0 Å². The van der Waals surface area contributed by atoms with Crippen molar-refractivity contribution in [2.45, 2.75) is 19.9 Å². The molecule has 0 bridgehead atoms. The molecule has 0 atom stereocenters. The number of carboxylic acids is 1. The molecule has 0 saturated heterocycles. The number of nitrogens with zero attached hydrogens (tertiary/aromatic N) is 2. The maximum absolute atomic E-state index is 11.5. The SMILES string of the molecule is Cc1ccc2c(c1)N(CC(=O)[O-])C(=Cc1[se]c3ccc4ccccc4c3[n+]1CCCS(=O)(=O)[O-])O2.[Na+]. The number of hydrogen-bond donors (Lipinski definition) is 0. The van der Waals surface area contributed by atoms with E-state index in [-0.39, 0.29) is 57.0 Å². The van der Waals surface area contributed by atoms with Gasteiger partial charge in [0.25, 0.3) is 0 Å². The summed E-state index contributed by atoms with van der Waals surface area (Å²) in [6, 6.07) is 17.6. The van der Waals surface area contributed by atoms with Gasteiger partial charge >= 0.3 is 238 Å². The molecule has 0 saturated carbocycles. The van der Waals surface area contributed by atoms with Gasteiger partial charge in [0.05, 0.1) is 0 Å². The fraction of sp³-hybridized carbons (Fsp3) is 0.200. The van der Waals surface area contributed by atoms with Gasteiger partial charge in [-0.25, -0.2) is 0 Å². The van der Waals surface area contributed by atoms with Crippen LogP contribution >= 0.6 is 0 Å². The van der Waals surface area contributed by atoms with Crippen LogP contribution in [0.5, 0.6) is 5.75 Å². The molecule has 8 nitrogen and oxygen atoms in total. The van der Waals surface area contributed by atoms with Gasteiger partial charge in [-0.2, -0.15) is 0 Å². The van der Waals surface area contributed by atoms with Crippen molar-refractivity contribution < 1.29 is 61.7 Å². The average Bonchev–Trinajstić information content (AvgIpc) is 3.31. The number of ether oxygens (including phenoxy) is 1. The Morgan fingerprint density at radius 3 is 2.69 bits per heavy atom. The van der Waals surface area contributed by atoms with Crippen molar-refractivity contribution in [2.24, 2.45) is 0 Å². The maximum atomic E-state index is 11.5. The molecule has 5 rings (SSSR count). The second-order valence-corrected chi connectivity index (χ2v) is 12.1. The van der Waals surface area contributed by atoms with Crippen molar-refractivity contribution in [3.63, 3.8) is 0 Å². The molecule has 1 aromatic heterocycles. The summed E-state index contributed by atoms with van der Waals surface area (Å²) in [5.41, 5.74) is 2.60. The van der Waals surface area contributed by atoms with Crippen LogP contribution < -0.4 is 48.9 Å². The van der Waals surface area contributed by atoms with Crippen LogP contribution in [0.3, 0.4) is 0 Å². The zero-order chi connectivity index (χ0) is 24.7. The van der Waals surface area contributed by atoms with Crippen LogP contribution in [-0.4, -0.2) is 45.7 Å². The molecule has 36 heavy (non-hydrogen) atoms. The number of benzene rings is 3. The van der Waals surface area contributed by atoms with Gasteiger partial charge in [-0.05, 0) is 0 Å². The summed E-state index contributed by atoms with van der Waals surface area (Å²) >= 11 is -0.149. The number of fused-ring (bicyclic) bond motifs is 4. The molecule has 11 heteroatoms. The van der Waals surface area contributed by atoms with Crippen molar-refractivity contribution in [3.05, 3.63) is 70.6 Å². The van der Waals surface area contributed by atoms with Crippen molar-refractivity contribution >= 4 is 62.9 Å². The largest absolute Gasteiger partial charge is 1.00 e. The van der Waals surface area contributed by atoms with Crippen molar-refractivity contribution in [1.29, 1.82) is 0 Å². The summed E-state index contributed by atoms with van der Waals surface area (Å²) in [6.45, 7) is 1.88. The normalized spacial score (nSPS) is 14.2. The Balaban J connectivity index is 0.00000304. The maximum Gasteiger partial charge on any atom is 1.00 e. The first-order valence-electron chi connectivity index (χ1n) is 10.9. The number of aromatic nitrogens is 1. The van der Waals surface area contributed by atoms with Gasteiger partial charge in [-0.1, -0.05) is 0 Å². The van der Waals surface area contributed by atoms with E-state index in [2.05, 4.69) is 12.1 Å².